The average Bonchev–Trinajstić information content (AvgIpc) is 2.47. The maximum Gasteiger partial charge on any atom is 0.244 e. The van der Waals surface area contributed by atoms with Crippen LogP contribution in [0.15, 0.2) is 36.5 Å². The van der Waals surface area contributed by atoms with Gasteiger partial charge in [-0.2, -0.15) is 0 Å². The summed E-state index contributed by atoms with van der Waals surface area (Å²) in [5.41, 5.74) is 1.82. The Morgan fingerprint density at radius 2 is 2.16 bits per heavy atom. The number of carbonyl (C=O) groups excluding carboxylic acids is 1. The SMILES string of the molecule is CNC1CCCN(c2cccc3cccnc23)C1=O. The lowest BCUT2D eigenvalue weighted by Gasteiger charge is -2.32. The quantitative estimate of drug-likeness (QED) is 0.892. The minimum atomic E-state index is -0.0762. The van der Waals surface area contributed by atoms with Crippen LogP contribution < -0.4 is 10.2 Å². The lowest BCUT2D eigenvalue weighted by atomic mass is 10.0. The summed E-state index contributed by atoms with van der Waals surface area (Å²) in [5, 5.41) is 4.16. The fraction of sp³-hybridized carbons (Fsp3) is 0.333. The second kappa shape index (κ2) is 4.97. The van der Waals surface area contributed by atoms with Crippen molar-refractivity contribution in [3.05, 3.63) is 36.5 Å². The lowest BCUT2D eigenvalue weighted by Crippen LogP contribution is -2.49. The number of aromatic nitrogens is 1. The summed E-state index contributed by atoms with van der Waals surface area (Å²) in [5.74, 6) is 0.145. The molecule has 1 aromatic heterocycles. The maximum atomic E-state index is 12.4. The monoisotopic (exact) mass is 255 g/mol. The zero-order valence-corrected chi connectivity index (χ0v) is 11.0. The molecule has 0 bridgehead atoms. The normalized spacial score (nSPS) is 19.9. The molecule has 1 unspecified atom stereocenters. The summed E-state index contributed by atoms with van der Waals surface area (Å²) < 4.78 is 0. The molecule has 2 aromatic rings. The smallest absolute Gasteiger partial charge is 0.244 e. The van der Waals surface area contributed by atoms with E-state index >= 15 is 0 Å². The van der Waals surface area contributed by atoms with Crippen molar-refractivity contribution >= 4 is 22.5 Å². The first-order valence-electron chi connectivity index (χ1n) is 6.63. The number of anilines is 1. The first-order valence-corrected chi connectivity index (χ1v) is 6.63. The van der Waals surface area contributed by atoms with Gasteiger partial charge in [-0.25, -0.2) is 0 Å². The van der Waals surface area contributed by atoms with E-state index in [0.29, 0.717) is 0 Å². The molecule has 1 aliphatic heterocycles. The highest BCUT2D eigenvalue weighted by Crippen LogP contribution is 2.27. The molecule has 98 valence electrons. The number of pyridine rings is 1. The van der Waals surface area contributed by atoms with E-state index in [1.807, 2.05) is 42.3 Å². The fourth-order valence-corrected chi connectivity index (χ4v) is 2.69. The van der Waals surface area contributed by atoms with Crippen LogP contribution >= 0.6 is 0 Å². The molecule has 1 saturated heterocycles. The number of hydrogen-bond acceptors (Lipinski definition) is 3. The molecule has 4 heteroatoms. The number of hydrogen-bond donors (Lipinski definition) is 1. The molecule has 0 aliphatic carbocycles. The molecule has 1 amide bonds. The number of piperidine rings is 1. The summed E-state index contributed by atoms with van der Waals surface area (Å²) in [6.45, 7) is 0.771. The van der Waals surface area contributed by atoms with Crippen LogP contribution in [0.2, 0.25) is 0 Å². The summed E-state index contributed by atoms with van der Waals surface area (Å²) in [4.78, 5) is 18.7. The molecule has 1 aliphatic rings. The van der Waals surface area contributed by atoms with Gasteiger partial charge in [-0.05, 0) is 32.0 Å². The van der Waals surface area contributed by atoms with E-state index in [1.165, 1.54) is 0 Å². The summed E-state index contributed by atoms with van der Waals surface area (Å²) in [7, 11) is 1.84. The van der Waals surface area contributed by atoms with Crippen LogP contribution in [0.3, 0.4) is 0 Å². The van der Waals surface area contributed by atoms with Gasteiger partial charge in [-0.3, -0.25) is 9.78 Å². The number of fused-ring (bicyclic) bond motifs is 1. The number of rotatable bonds is 2. The summed E-state index contributed by atoms with van der Waals surface area (Å²) in [6.07, 6.45) is 3.69. The fourth-order valence-electron chi connectivity index (χ4n) is 2.69. The van der Waals surface area contributed by atoms with Gasteiger partial charge in [0, 0.05) is 18.1 Å². The van der Waals surface area contributed by atoms with Gasteiger partial charge in [0.05, 0.1) is 17.2 Å². The minimum absolute atomic E-state index is 0.0762. The zero-order valence-electron chi connectivity index (χ0n) is 11.0. The van der Waals surface area contributed by atoms with Gasteiger partial charge in [-0.15, -0.1) is 0 Å². The lowest BCUT2D eigenvalue weighted by molar-refractivity contribution is -0.121. The predicted octanol–water partition coefficient (Wildman–Crippen LogP) is 1.95. The summed E-state index contributed by atoms with van der Waals surface area (Å²) in [6, 6.07) is 9.85. The van der Waals surface area contributed by atoms with Gasteiger partial charge in [0.25, 0.3) is 0 Å². The zero-order chi connectivity index (χ0) is 13.2. The number of para-hydroxylation sites is 1. The Hall–Kier alpha value is -1.94. The van der Waals surface area contributed by atoms with Crippen molar-refractivity contribution in [3.8, 4) is 0 Å². The van der Waals surface area contributed by atoms with Gasteiger partial charge in [-0.1, -0.05) is 18.2 Å². The van der Waals surface area contributed by atoms with Crippen molar-refractivity contribution in [2.45, 2.75) is 18.9 Å². The molecule has 4 nitrogen and oxygen atoms in total. The summed E-state index contributed by atoms with van der Waals surface area (Å²) >= 11 is 0. The Labute approximate surface area is 112 Å². The Bertz CT molecular complexity index is 606. The van der Waals surface area contributed by atoms with Gasteiger partial charge < -0.3 is 10.2 Å². The highest BCUT2D eigenvalue weighted by Gasteiger charge is 2.29. The van der Waals surface area contributed by atoms with E-state index in [2.05, 4.69) is 10.3 Å². The van der Waals surface area contributed by atoms with Crippen LogP contribution in [0.25, 0.3) is 10.9 Å². The second-order valence-electron chi connectivity index (χ2n) is 4.83. The number of nitrogens with one attached hydrogen (secondary N) is 1. The molecule has 1 fully saturated rings. The number of amides is 1. The van der Waals surface area contributed by atoms with E-state index in [4.69, 9.17) is 0 Å². The third kappa shape index (κ3) is 2.08. The standard InChI is InChI=1S/C15H17N3O/c1-16-12-7-4-10-18(15(12)19)13-8-2-5-11-6-3-9-17-14(11)13/h2-3,5-6,8-9,12,16H,4,7,10H2,1H3. The topological polar surface area (TPSA) is 45.2 Å². The van der Waals surface area contributed by atoms with E-state index in [9.17, 15) is 4.79 Å². The number of carbonyl (C=O) groups is 1. The Balaban J connectivity index is 2.06. The van der Waals surface area contributed by atoms with Crippen LogP contribution in [0.1, 0.15) is 12.8 Å². The molecule has 0 saturated carbocycles. The van der Waals surface area contributed by atoms with Crippen molar-refractivity contribution in [3.63, 3.8) is 0 Å². The molecule has 1 atom stereocenters. The van der Waals surface area contributed by atoms with Crippen molar-refractivity contribution in [1.29, 1.82) is 0 Å². The largest absolute Gasteiger partial charge is 0.309 e. The van der Waals surface area contributed by atoms with Gasteiger partial charge in [0.2, 0.25) is 5.91 Å². The Kier molecular flexibility index (Phi) is 3.17. The van der Waals surface area contributed by atoms with Crippen LogP contribution in [0, 0.1) is 0 Å². The highest BCUT2D eigenvalue weighted by atomic mass is 16.2. The number of nitrogens with zero attached hydrogens (tertiary/aromatic N) is 2. The van der Waals surface area contributed by atoms with E-state index in [-0.39, 0.29) is 11.9 Å². The van der Waals surface area contributed by atoms with Gasteiger partial charge in [0.1, 0.15) is 0 Å². The molecule has 19 heavy (non-hydrogen) atoms. The molecule has 1 aromatic carbocycles. The van der Waals surface area contributed by atoms with Gasteiger partial charge in [0.15, 0.2) is 0 Å². The van der Waals surface area contributed by atoms with Crippen molar-refractivity contribution in [2.24, 2.45) is 0 Å². The molecule has 0 radical (unpaired) electrons. The van der Waals surface area contributed by atoms with E-state index < -0.39 is 0 Å². The molecular weight excluding hydrogens is 238 g/mol. The highest BCUT2D eigenvalue weighted by molar-refractivity contribution is 6.04. The average molecular weight is 255 g/mol. The van der Waals surface area contributed by atoms with Crippen LogP contribution in [0.5, 0.6) is 0 Å². The third-order valence-corrected chi connectivity index (χ3v) is 3.69. The van der Waals surface area contributed by atoms with E-state index in [1.54, 1.807) is 6.20 Å². The van der Waals surface area contributed by atoms with Crippen LogP contribution in [-0.2, 0) is 4.79 Å². The first-order chi connectivity index (χ1) is 9.31. The first kappa shape index (κ1) is 12.1. The molecule has 1 N–H and O–H groups in total. The number of likely N-dealkylation sites (N-methyl/N-ethyl adjacent to an activating group) is 1. The van der Waals surface area contributed by atoms with Crippen molar-refractivity contribution in [2.75, 3.05) is 18.5 Å². The third-order valence-electron chi connectivity index (χ3n) is 3.69. The van der Waals surface area contributed by atoms with Crippen molar-refractivity contribution < 1.29 is 4.79 Å². The molecule has 0 spiro atoms. The second-order valence-corrected chi connectivity index (χ2v) is 4.83. The van der Waals surface area contributed by atoms with Gasteiger partial charge >= 0.3 is 0 Å². The van der Waals surface area contributed by atoms with Crippen molar-refractivity contribution in [1.82, 2.24) is 10.3 Å². The number of benzene rings is 1. The minimum Gasteiger partial charge on any atom is -0.309 e. The maximum absolute atomic E-state index is 12.4. The molecule has 3 rings (SSSR count). The van der Waals surface area contributed by atoms with Crippen LogP contribution in [0.4, 0.5) is 5.69 Å². The Morgan fingerprint density at radius 1 is 1.32 bits per heavy atom. The molecular formula is C15H17N3O. The Morgan fingerprint density at radius 3 is 3.00 bits per heavy atom. The van der Waals surface area contributed by atoms with E-state index in [0.717, 1.165) is 36.0 Å². The van der Waals surface area contributed by atoms with Crippen LogP contribution in [-0.4, -0.2) is 30.5 Å². The predicted molar refractivity (Wildman–Crippen MR) is 76.2 cm³/mol. The molecule has 2 heterocycles.